The average Bonchev–Trinajstić information content (AvgIpc) is 2.87. The normalized spacial score (nSPS) is 37.4. The SMILES string of the molecule is CCCC1CN(CC2CN3CCCC3CO2)CCN1. The largest absolute Gasteiger partial charge is 0.374 e. The van der Waals surface area contributed by atoms with E-state index in [-0.39, 0.29) is 0 Å². The molecule has 0 aromatic heterocycles. The lowest BCUT2D eigenvalue weighted by atomic mass is 10.1. The fourth-order valence-corrected chi connectivity index (χ4v) is 3.89. The van der Waals surface area contributed by atoms with E-state index in [1.54, 1.807) is 0 Å². The van der Waals surface area contributed by atoms with Crippen LogP contribution in [0.3, 0.4) is 0 Å². The van der Waals surface area contributed by atoms with E-state index in [1.807, 2.05) is 0 Å². The van der Waals surface area contributed by atoms with Crippen LogP contribution in [0.5, 0.6) is 0 Å². The van der Waals surface area contributed by atoms with E-state index < -0.39 is 0 Å². The molecule has 4 heteroatoms. The Morgan fingerprint density at radius 2 is 2.21 bits per heavy atom. The number of piperazine rings is 1. The van der Waals surface area contributed by atoms with Gasteiger partial charge >= 0.3 is 0 Å². The molecule has 3 aliphatic heterocycles. The van der Waals surface area contributed by atoms with Crippen molar-refractivity contribution in [1.29, 1.82) is 0 Å². The summed E-state index contributed by atoms with van der Waals surface area (Å²) in [4.78, 5) is 5.26. The van der Waals surface area contributed by atoms with Crippen molar-refractivity contribution in [2.45, 2.75) is 50.8 Å². The van der Waals surface area contributed by atoms with Gasteiger partial charge in [-0.05, 0) is 25.8 Å². The maximum absolute atomic E-state index is 6.09. The van der Waals surface area contributed by atoms with E-state index in [9.17, 15) is 0 Å². The Morgan fingerprint density at radius 3 is 3.11 bits per heavy atom. The molecule has 3 saturated heterocycles. The maximum atomic E-state index is 6.09. The van der Waals surface area contributed by atoms with Crippen LogP contribution < -0.4 is 5.32 Å². The van der Waals surface area contributed by atoms with Crippen LogP contribution in [0.1, 0.15) is 32.6 Å². The summed E-state index contributed by atoms with van der Waals surface area (Å²) in [6.07, 6.45) is 5.73. The third kappa shape index (κ3) is 3.48. The first kappa shape index (κ1) is 13.8. The van der Waals surface area contributed by atoms with Crippen molar-refractivity contribution in [3.05, 3.63) is 0 Å². The summed E-state index contributed by atoms with van der Waals surface area (Å²) in [6.45, 7) is 10.4. The predicted molar refractivity (Wildman–Crippen MR) is 77.5 cm³/mol. The third-order valence-corrected chi connectivity index (χ3v) is 4.90. The van der Waals surface area contributed by atoms with Crippen LogP contribution in [-0.2, 0) is 4.74 Å². The smallest absolute Gasteiger partial charge is 0.0829 e. The van der Waals surface area contributed by atoms with E-state index in [0.29, 0.717) is 12.1 Å². The fourth-order valence-electron chi connectivity index (χ4n) is 3.89. The van der Waals surface area contributed by atoms with E-state index in [1.165, 1.54) is 45.3 Å². The molecule has 0 aromatic rings. The van der Waals surface area contributed by atoms with Gasteiger partial charge in [-0.1, -0.05) is 13.3 Å². The molecule has 3 aliphatic rings. The second-order valence-electron chi connectivity index (χ2n) is 6.45. The van der Waals surface area contributed by atoms with Crippen LogP contribution in [0.25, 0.3) is 0 Å². The molecule has 0 spiro atoms. The lowest BCUT2D eigenvalue weighted by Crippen LogP contribution is -2.55. The molecule has 0 aromatic carbocycles. The van der Waals surface area contributed by atoms with Gasteiger partial charge in [-0.15, -0.1) is 0 Å². The molecule has 110 valence electrons. The van der Waals surface area contributed by atoms with Crippen LogP contribution >= 0.6 is 0 Å². The molecule has 0 bridgehead atoms. The van der Waals surface area contributed by atoms with E-state index in [0.717, 1.165) is 32.3 Å². The highest BCUT2D eigenvalue weighted by Gasteiger charge is 2.33. The standard InChI is InChI=1S/C15H29N3O/c1-2-4-13-9-17(8-6-16-13)10-15-11-18-7-3-5-14(18)12-19-15/h13-16H,2-12H2,1H3. The van der Waals surface area contributed by atoms with Crippen molar-refractivity contribution >= 4 is 0 Å². The molecule has 3 rings (SSSR count). The summed E-state index contributed by atoms with van der Waals surface area (Å²) in [5, 5.41) is 3.63. The molecule has 1 N–H and O–H groups in total. The Labute approximate surface area is 117 Å². The molecular formula is C15H29N3O. The van der Waals surface area contributed by atoms with Gasteiger partial charge in [0.05, 0.1) is 12.7 Å². The second-order valence-corrected chi connectivity index (χ2v) is 6.45. The zero-order chi connectivity index (χ0) is 13.1. The zero-order valence-corrected chi connectivity index (χ0v) is 12.3. The summed E-state index contributed by atoms with van der Waals surface area (Å²) in [6, 6.07) is 1.42. The predicted octanol–water partition coefficient (Wildman–Crippen LogP) is 0.924. The summed E-state index contributed by atoms with van der Waals surface area (Å²) in [5.74, 6) is 0. The number of fused-ring (bicyclic) bond motifs is 1. The van der Waals surface area contributed by atoms with E-state index in [2.05, 4.69) is 22.0 Å². The Hall–Kier alpha value is -0.160. The second kappa shape index (κ2) is 6.53. The molecule has 0 saturated carbocycles. The number of nitrogens with one attached hydrogen (secondary N) is 1. The van der Waals surface area contributed by atoms with E-state index >= 15 is 0 Å². The van der Waals surface area contributed by atoms with Crippen LogP contribution in [0, 0.1) is 0 Å². The van der Waals surface area contributed by atoms with Crippen LogP contribution in [0.15, 0.2) is 0 Å². The van der Waals surface area contributed by atoms with Crippen molar-refractivity contribution in [1.82, 2.24) is 15.1 Å². The Morgan fingerprint density at radius 1 is 1.26 bits per heavy atom. The highest BCUT2D eigenvalue weighted by atomic mass is 16.5. The number of nitrogens with zero attached hydrogens (tertiary/aromatic N) is 2. The van der Waals surface area contributed by atoms with Gasteiger partial charge < -0.3 is 10.1 Å². The van der Waals surface area contributed by atoms with Crippen LogP contribution in [-0.4, -0.2) is 73.9 Å². The highest BCUT2D eigenvalue weighted by Crippen LogP contribution is 2.23. The molecule has 3 fully saturated rings. The summed E-state index contributed by atoms with van der Waals surface area (Å²) < 4.78 is 6.09. The van der Waals surface area contributed by atoms with Gasteiger partial charge in [0.1, 0.15) is 0 Å². The molecular weight excluding hydrogens is 238 g/mol. The lowest BCUT2D eigenvalue weighted by molar-refractivity contribution is -0.0634. The molecule has 0 radical (unpaired) electrons. The zero-order valence-electron chi connectivity index (χ0n) is 12.3. The molecule has 4 nitrogen and oxygen atoms in total. The Bertz CT molecular complexity index is 285. The topological polar surface area (TPSA) is 27.7 Å². The quantitative estimate of drug-likeness (QED) is 0.820. The molecule has 3 unspecified atom stereocenters. The van der Waals surface area contributed by atoms with E-state index in [4.69, 9.17) is 4.74 Å². The summed E-state index contributed by atoms with van der Waals surface area (Å²) in [7, 11) is 0. The molecule has 3 atom stereocenters. The van der Waals surface area contributed by atoms with Gasteiger partial charge in [-0.3, -0.25) is 9.80 Å². The van der Waals surface area contributed by atoms with Gasteiger partial charge in [0, 0.05) is 44.8 Å². The van der Waals surface area contributed by atoms with Crippen molar-refractivity contribution in [3.8, 4) is 0 Å². The average molecular weight is 267 g/mol. The molecule has 3 heterocycles. The van der Waals surface area contributed by atoms with Gasteiger partial charge in [-0.25, -0.2) is 0 Å². The van der Waals surface area contributed by atoms with Crippen LogP contribution in [0.2, 0.25) is 0 Å². The third-order valence-electron chi connectivity index (χ3n) is 4.90. The van der Waals surface area contributed by atoms with Gasteiger partial charge in [0.2, 0.25) is 0 Å². The number of hydrogen-bond donors (Lipinski definition) is 1. The Kier molecular flexibility index (Phi) is 4.74. The van der Waals surface area contributed by atoms with Gasteiger partial charge in [-0.2, -0.15) is 0 Å². The number of ether oxygens (including phenoxy) is 1. The molecule has 0 amide bonds. The van der Waals surface area contributed by atoms with Crippen LogP contribution in [0.4, 0.5) is 0 Å². The molecule has 19 heavy (non-hydrogen) atoms. The van der Waals surface area contributed by atoms with Crippen molar-refractivity contribution in [2.24, 2.45) is 0 Å². The first-order valence-electron chi connectivity index (χ1n) is 8.16. The first-order valence-corrected chi connectivity index (χ1v) is 8.16. The van der Waals surface area contributed by atoms with Crippen molar-refractivity contribution in [2.75, 3.05) is 45.9 Å². The highest BCUT2D eigenvalue weighted by molar-refractivity contribution is 4.87. The van der Waals surface area contributed by atoms with Crippen molar-refractivity contribution < 1.29 is 4.74 Å². The lowest BCUT2D eigenvalue weighted by Gasteiger charge is -2.40. The first-order chi connectivity index (χ1) is 9.35. The summed E-state index contributed by atoms with van der Waals surface area (Å²) >= 11 is 0. The number of hydrogen-bond acceptors (Lipinski definition) is 4. The Balaban J connectivity index is 1.45. The fraction of sp³-hybridized carbons (Fsp3) is 1.00. The van der Waals surface area contributed by atoms with Gasteiger partial charge in [0.15, 0.2) is 0 Å². The summed E-state index contributed by atoms with van der Waals surface area (Å²) in [5.41, 5.74) is 0. The minimum atomic E-state index is 0.440. The minimum Gasteiger partial charge on any atom is -0.374 e. The van der Waals surface area contributed by atoms with Crippen molar-refractivity contribution in [3.63, 3.8) is 0 Å². The van der Waals surface area contributed by atoms with Gasteiger partial charge in [0.25, 0.3) is 0 Å². The number of rotatable bonds is 4. The maximum Gasteiger partial charge on any atom is 0.0829 e. The monoisotopic (exact) mass is 267 g/mol. The molecule has 0 aliphatic carbocycles. The minimum absolute atomic E-state index is 0.440. The number of morpholine rings is 1.